The number of guanidine groups is 1. The first-order valence-electron chi connectivity index (χ1n) is 8.73. The number of aliphatic imine (C=N–C) groups is 2. The molecule has 2 aromatic carbocycles. The van der Waals surface area contributed by atoms with Crippen LogP contribution in [0.15, 0.2) is 65.1 Å². The fourth-order valence-electron chi connectivity index (χ4n) is 2.60. The molecule has 6 nitrogen and oxygen atoms in total. The molecule has 1 heterocycles. The summed E-state index contributed by atoms with van der Waals surface area (Å²) in [6.45, 7) is 6.79. The van der Waals surface area contributed by atoms with Crippen LogP contribution in [0.1, 0.15) is 22.3 Å². The summed E-state index contributed by atoms with van der Waals surface area (Å²) in [4.78, 5) is 19.9. The Morgan fingerprint density at radius 2 is 2.11 bits per heavy atom. The van der Waals surface area contributed by atoms with Gasteiger partial charge in [0, 0.05) is 36.0 Å². The van der Waals surface area contributed by atoms with Crippen LogP contribution in [-0.2, 0) is 0 Å². The largest absolute Gasteiger partial charge is 0.489 e. The summed E-state index contributed by atoms with van der Waals surface area (Å²) in [7, 11) is 0. The van der Waals surface area contributed by atoms with Crippen molar-refractivity contribution in [3.05, 3.63) is 66.2 Å². The average Bonchev–Trinajstić information content (AvgIpc) is 2.69. The molecule has 2 aromatic rings. The first kappa shape index (κ1) is 18.4. The molecule has 0 aromatic heterocycles. The fourth-order valence-corrected chi connectivity index (χ4v) is 2.60. The Balaban J connectivity index is 1.72. The molecule has 3 rings (SSSR count). The molecular formula is C21H22N4O2. The van der Waals surface area contributed by atoms with Crippen molar-refractivity contribution in [2.75, 3.05) is 23.8 Å². The molecular weight excluding hydrogens is 340 g/mol. The molecule has 1 aliphatic heterocycles. The third-order valence-corrected chi connectivity index (χ3v) is 3.99. The number of hydrogen-bond donors (Lipinski definition) is 2. The number of benzene rings is 2. The molecule has 0 radical (unpaired) electrons. The Morgan fingerprint density at radius 3 is 2.93 bits per heavy atom. The summed E-state index contributed by atoms with van der Waals surface area (Å²) in [5, 5.41) is 6.52. The first-order chi connectivity index (χ1) is 13.2. The second kappa shape index (κ2) is 8.80. The molecule has 2 N–H and O–H groups in total. The number of anilines is 2. The van der Waals surface area contributed by atoms with Crippen molar-refractivity contribution in [3.63, 3.8) is 0 Å². The van der Waals surface area contributed by atoms with E-state index in [0.717, 1.165) is 41.2 Å². The van der Waals surface area contributed by atoms with Crippen LogP contribution >= 0.6 is 0 Å². The maximum atomic E-state index is 10.9. The highest BCUT2D eigenvalue weighted by Gasteiger charge is 2.11. The SMILES string of the molecule is C=CCOc1ccc(C)c(NC2=NC(Nc3cccc(C=O)c3)=NCC2)c1. The van der Waals surface area contributed by atoms with Crippen LogP contribution in [-0.4, -0.2) is 31.2 Å². The maximum Gasteiger partial charge on any atom is 0.224 e. The van der Waals surface area contributed by atoms with Gasteiger partial charge in [0.05, 0.1) is 0 Å². The summed E-state index contributed by atoms with van der Waals surface area (Å²) in [5.74, 6) is 2.11. The zero-order valence-electron chi connectivity index (χ0n) is 15.2. The third-order valence-electron chi connectivity index (χ3n) is 3.99. The molecule has 0 amide bonds. The first-order valence-corrected chi connectivity index (χ1v) is 8.73. The standard InChI is InChI=1S/C21H22N4O2/c1-3-11-27-18-8-7-15(2)19(13-18)24-20-9-10-22-21(25-20)23-17-6-4-5-16(12-17)14-26/h3-8,12-14H,1,9-11H2,2H3,(H2,22,23,24,25). The van der Waals surface area contributed by atoms with E-state index in [1.165, 1.54) is 0 Å². The minimum absolute atomic E-state index is 0.462. The lowest BCUT2D eigenvalue weighted by molar-refractivity contribution is 0.112. The summed E-state index contributed by atoms with van der Waals surface area (Å²) >= 11 is 0. The predicted octanol–water partition coefficient (Wildman–Crippen LogP) is 4.05. The van der Waals surface area contributed by atoms with Gasteiger partial charge in [0.25, 0.3) is 0 Å². The van der Waals surface area contributed by atoms with Crippen LogP contribution < -0.4 is 15.4 Å². The number of nitrogens with one attached hydrogen (secondary N) is 2. The minimum Gasteiger partial charge on any atom is -0.489 e. The van der Waals surface area contributed by atoms with Gasteiger partial charge in [-0.05, 0) is 30.7 Å². The molecule has 0 unspecified atom stereocenters. The molecule has 138 valence electrons. The van der Waals surface area contributed by atoms with Gasteiger partial charge in [-0.25, -0.2) is 0 Å². The Bertz CT molecular complexity index is 903. The number of nitrogens with zero attached hydrogens (tertiary/aromatic N) is 2. The number of aldehydes is 1. The lowest BCUT2D eigenvalue weighted by Crippen LogP contribution is -2.23. The molecule has 0 aliphatic carbocycles. The number of amidine groups is 1. The number of rotatable bonds is 6. The number of carbonyl (C=O) groups excluding carboxylic acids is 1. The van der Waals surface area contributed by atoms with Crippen LogP contribution in [0.3, 0.4) is 0 Å². The topological polar surface area (TPSA) is 75.1 Å². The number of hydrogen-bond acceptors (Lipinski definition) is 6. The van der Waals surface area contributed by atoms with E-state index in [4.69, 9.17) is 4.74 Å². The van der Waals surface area contributed by atoms with Crippen molar-refractivity contribution in [2.45, 2.75) is 13.3 Å². The lowest BCUT2D eigenvalue weighted by atomic mass is 10.2. The smallest absolute Gasteiger partial charge is 0.224 e. The van der Waals surface area contributed by atoms with E-state index in [2.05, 4.69) is 27.2 Å². The van der Waals surface area contributed by atoms with Crippen molar-refractivity contribution in [1.29, 1.82) is 0 Å². The molecule has 0 saturated carbocycles. The van der Waals surface area contributed by atoms with Crippen molar-refractivity contribution < 1.29 is 9.53 Å². The van der Waals surface area contributed by atoms with Gasteiger partial charge in [0.2, 0.25) is 5.96 Å². The molecule has 0 bridgehead atoms. The summed E-state index contributed by atoms with van der Waals surface area (Å²) < 4.78 is 5.60. The van der Waals surface area contributed by atoms with E-state index in [0.29, 0.717) is 24.7 Å². The van der Waals surface area contributed by atoms with Gasteiger partial charge >= 0.3 is 0 Å². The lowest BCUT2D eigenvalue weighted by Gasteiger charge is -2.17. The normalized spacial score (nSPS) is 13.2. The van der Waals surface area contributed by atoms with Crippen LogP contribution in [0.2, 0.25) is 0 Å². The zero-order valence-corrected chi connectivity index (χ0v) is 15.2. The highest BCUT2D eigenvalue weighted by molar-refractivity contribution is 6.09. The van der Waals surface area contributed by atoms with E-state index >= 15 is 0 Å². The fraction of sp³-hybridized carbons (Fsp3) is 0.190. The van der Waals surface area contributed by atoms with E-state index in [1.54, 1.807) is 18.2 Å². The van der Waals surface area contributed by atoms with Crippen molar-refractivity contribution in [2.24, 2.45) is 9.98 Å². The van der Waals surface area contributed by atoms with E-state index in [-0.39, 0.29) is 0 Å². The Kier molecular flexibility index (Phi) is 5.99. The van der Waals surface area contributed by atoms with Gasteiger partial charge in [-0.3, -0.25) is 9.79 Å². The Hall–Kier alpha value is -3.41. The van der Waals surface area contributed by atoms with Crippen molar-refractivity contribution >= 4 is 29.5 Å². The molecule has 27 heavy (non-hydrogen) atoms. The predicted molar refractivity (Wildman–Crippen MR) is 110 cm³/mol. The van der Waals surface area contributed by atoms with Crippen molar-refractivity contribution in [3.8, 4) is 5.75 Å². The zero-order chi connectivity index (χ0) is 19.1. The quantitative estimate of drug-likeness (QED) is 0.600. The van der Waals surface area contributed by atoms with Gasteiger partial charge in [-0.15, -0.1) is 0 Å². The molecule has 0 atom stereocenters. The summed E-state index contributed by atoms with van der Waals surface area (Å²) in [6, 6.07) is 13.1. The van der Waals surface area contributed by atoms with Gasteiger partial charge in [-0.2, -0.15) is 4.99 Å². The molecule has 0 saturated heterocycles. The second-order valence-electron chi connectivity index (χ2n) is 6.08. The van der Waals surface area contributed by atoms with Gasteiger partial charge in [-0.1, -0.05) is 30.9 Å². The third kappa shape index (κ3) is 5.04. The van der Waals surface area contributed by atoms with Crippen LogP contribution in [0.5, 0.6) is 5.75 Å². The van der Waals surface area contributed by atoms with Crippen LogP contribution in [0.4, 0.5) is 11.4 Å². The van der Waals surface area contributed by atoms with Gasteiger partial charge in [0.15, 0.2) is 0 Å². The minimum atomic E-state index is 0.462. The molecule has 0 spiro atoms. The number of aryl methyl sites for hydroxylation is 1. The number of carbonyl (C=O) groups is 1. The average molecular weight is 362 g/mol. The van der Waals surface area contributed by atoms with E-state index in [1.807, 2.05) is 37.3 Å². The Morgan fingerprint density at radius 1 is 1.22 bits per heavy atom. The van der Waals surface area contributed by atoms with Crippen LogP contribution in [0.25, 0.3) is 0 Å². The second-order valence-corrected chi connectivity index (χ2v) is 6.08. The van der Waals surface area contributed by atoms with Gasteiger partial charge in [0.1, 0.15) is 24.5 Å². The Labute approximate surface area is 158 Å². The molecule has 0 fully saturated rings. The van der Waals surface area contributed by atoms with E-state index < -0.39 is 0 Å². The summed E-state index contributed by atoms with van der Waals surface area (Å²) in [5.41, 5.74) is 3.42. The van der Waals surface area contributed by atoms with Gasteiger partial charge < -0.3 is 15.4 Å². The van der Waals surface area contributed by atoms with Crippen LogP contribution in [0, 0.1) is 6.92 Å². The monoisotopic (exact) mass is 362 g/mol. The van der Waals surface area contributed by atoms with Crippen molar-refractivity contribution in [1.82, 2.24) is 0 Å². The highest BCUT2D eigenvalue weighted by atomic mass is 16.5. The highest BCUT2D eigenvalue weighted by Crippen LogP contribution is 2.23. The molecule has 1 aliphatic rings. The molecule has 6 heteroatoms. The van der Waals surface area contributed by atoms with E-state index in [9.17, 15) is 4.79 Å². The number of ether oxygens (including phenoxy) is 1. The summed E-state index contributed by atoms with van der Waals surface area (Å²) in [6.07, 6.45) is 3.25. The maximum absolute atomic E-state index is 10.9.